The Morgan fingerprint density at radius 3 is 2.59 bits per heavy atom. The normalized spacial score (nSPS) is 22.2. The Morgan fingerprint density at radius 2 is 2.18 bits per heavy atom. The van der Waals surface area contributed by atoms with Crippen LogP contribution in [0.25, 0.3) is 0 Å². The Labute approximate surface area is 108 Å². The topological polar surface area (TPSA) is 63.2 Å². The molecule has 94 valence electrons. The van der Waals surface area contributed by atoms with E-state index < -0.39 is 9.05 Å². The number of halogens is 1. The maximum atomic E-state index is 11.8. The van der Waals surface area contributed by atoms with Gasteiger partial charge in [0.1, 0.15) is 4.21 Å². The van der Waals surface area contributed by atoms with E-state index >= 15 is 0 Å². The number of carbonyl (C=O) groups is 1. The molecule has 0 aromatic carbocycles. The largest absolute Gasteiger partial charge is 0.349 e. The van der Waals surface area contributed by atoms with Crippen LogP contribution >= 0.6 is 22.0 Å². The van der Waals surface area contributed by atoms with Crippen LogP contribution in [0.5, 0.6) is 0 Å². The molecule has 1 atom stereocenters. The summed E-state index contributed by atoms with van der Waals surface area (Å²) in [7, 11) is 1.45. The van der Waals surface area contributed by atoms with Crippen molar-refractivity contribution in [2.75, 3.05) is 0 Å². The van der Waals surface area contributed by atoms with E-state index in [0.717, 1.165) is 17.8 Å². The number of thiophene rings is 1. The lowest BCUT2D eigenvalue weighted by atomic mass is 10.2. The summed E-state index contributed by atoms with van der Waals surface area (Å²) in [4.78, 5) is 11.8. The van der Waals surface area contributed by atoms with Crippen molar-refractivity contribution >= 4 is 37.0 Å². The van der Waals surface area contributed by atoms with Gasteiger partial charge in [-0.2, -0.15) is 0 Å². The predicted octanol–water partition coefficient (Wildman–Crippen LogP) is 2.20. The molecule has 4 nitrogen and oxygen atoms in total. The van der Waals surface area contributed by atoms with Gasteiger partial charge in [-0.3, -0.25) is 4.79 Å². The molecule has 1 N–H and O–H groups in total. The van der Waals surface area contributed by atoms with Crippen LogP contribution in [0.1, 0.15) is 30.6 Å². The van der Waals surface area contributed by atoms with Gasteiger partial charge in [-0.05, 0) is 17.9 Å². The maximum absolute atomic E-state index is 11.8. The molecular weight excluding hydrogens is 282 g/mol. The minimum absolute atomic E-state index is 0.000580. The summed E-state index contributed by atoms with van der Waals surface area (Å²) in [5.74, 6) is -0.247. The van der Waals surface area contributed by atoms with Crippen molar-refractivity contribution in [3.63, 3.8) is 0 Å². The van der Waals surface area contributed by atoms with Crippen molar-refractivity contribution in [2.45, 2.75) is 30.5 Å². The van der Waals surface area contributed by atoms with Crippen molar-refractivity contribution in [1.29, 1.82) is 0 Å². The molecule has 1 heterocycles. The average molecular weight is 294 g/mol. The van der Waals surface area contributed by atoms with Crippen LogP contribution < -0.4 is 5.32 Å². The Bertz CT molecular complexity index is 562. The van der Waals surface area contributed by atoms with E-state index in [1.54, 1.807) is 0 Å². The summed E-state index contributed by atoms with van der Waals surface area (Å²) in [6.07, 6.45) is 0.948. The molecule has 1 unspecified atom stereocenters. The highest BCUT2D eigenvalue weighted by Crippen LogP contribution is 2.44. The lowest BCUT2D eigenvalue weighted by Crippen LogP contribution is -2.27. The third-order valence-corrected chi connectivity index (χ3v) is 5.94. The molecular formula is C10H12ClNO3S2. The third kappa shape index (κ3) is 2.81. The first-order valence-corrected chi connectivity index (χ1v) is 8.23. The van der Waals surface area contributed by atoms with Gasteiger partial charge in [-0.25, -0.2) is 8.42 Å². The van der Waals surface area contributed by atoms with Crippen LogP contribution in [0, 0.1) is 5.41 Å². The zero-order valence-electron chi connectivity index (χ0n) is 9.36. The molecule has 1 aromatic heterocycles. The Hall–Kier alpha value is -0.590. The Balaban J connectivity index is 2.08. The van der Waals surface area contributed by atoms with Crippen molar-refractivity contribution in [3.05, 3.63) is 17.0 Å². The molecule has 0 saturated heterocycles. The van der Waals surface area contributed by atoms with E-state index in [9.17, 15) is 13.2 Å². The van der Waals surface area contributed by atoms with Gasteiger partial charge < -0.3 is 5.32 Å². The second-order valence-electron chi connectivity index (χ2n) is 4.81. The molecule has 1 fully saturated rings. The lowest BCUT2D eigenvalue weighted by molar-refractivity contribution is 0.0946. The fourth-order valence-corrected chi connectivity index (χ4v) is 3.46. The van der Waals surface area contributed by atoms with Crippen LogP contribution in [-0.4, -0.2) is 20.4 Å². The van der Waals surface area contributed by atoms with Gasteiger partial charge in [-0.15, -0.1) is 11.3 Å². The lowest BCUT2D eigenvalue weighted by Gasteiger charge is -2.04. The highest BCUT2D eigenvalue weighted by atomic mass is 35.7. The van der Waals surface area contributed by atoms with Crippen molar-refractivity contribution in [1.82, 2.24) is 5.32 Å². The minimum Gasteiger partial charge on any atom is -0.349 e. The summed E-state index contributed by atoms with van der Waals surface area (Å²) in [6, 6.07) is 1.48. The molecule has 1 amide bonds. The van der Waals surface area contributed by atoms with E-state index in [-0.39, 0.29) is 21.6 Å². The van der Waals surface area contributed by atoms with Crippen molar-refractivity contribution in [2.24, 2.45) is 5.41 Å². The van der Waals surface area contributed by atoms with E-state index in [4.69, 9.17) is 10.7 Å². The molecule has 1 aliphatic carbocycles. The first kappa shape index (κ1) is 12.9. The molecule has 0 aliphatic heterocycles. The second-order valence-corrected chi connectivity index (χ2v) is 8.52. The second kappa shape index (κ2) is 3.96. The zero-order valence-corrected chi connectivity index (χ0v) is 11.7. The van der Waals surface area contributed by atoms with Crippen molar-refractivity contribution in [3.8, 4) is 0 Å². The SMILES string of the molecule is CC1(C)CC1NC(=O)c1csc(S(=O)(=O)Cl)c1. The number of hydrogen-bond acceptors (Lipinski definition) is 4. The smallest absolute Gasteiger partial charge is 0.270 e. The first-order valence-electron chi connectivity index (χ1n) is 5.04. The van der Waals surface area contributed by atoms with Crippen LogP contribution in [0.3, 0.4) is 0 Å². The van der Waals surface area contributed by atoms with Crippen molar-refractivity contribution < 1.29 is 13.2 Å². The molecule has 0 spiro atoms. The standard InChI is InChI=1S/C10H12ClNO3S2/c1-10(2)4-7(10)12-9(13)6-3-8(16-5-6)17(11,14)15/h3,5,7H,4H2,1-2H3,(H,12,13). The van der Waals surface area contributed by atoms with Crippen LogP contribution in [0.4, 0.5) is 0 Å². The summed E-state index contributed by atoms with van der Waals surface area (Å²) >= 11 is 0.951. The molecule has 1 saturated carbocycles. The average Bonchev–Trinajstić information content (AvgIpc) is 2.67. The van der Waals surface area contributed by atoms with E-state index in [2.05, 4.69) is 19.2 Å². The Morgan fingerprint density at radius 1 is 1.59 bits per heavy atom. The molecule has 17 heavy (non-hydrogen) atoms. The molecule has 1 aromatic rings. The minimum atomic E-state index is -3.74. The summed E-state index contributed by atoms with van der Waals surface area (Å²) in [5, 5.41) is 4.35. The van der Waals surface area contributed by atoms with E-state index in [0.29, 0.717) is 5.56 Å². The number of rotatable bonds is 3. The van der Waals surface area contributed by atoms with Gasteiger partial charge in [0.2, 0.25) is 0 Å². The van der Waals surface area contributed by atoms with Gasteiger partial charge in [0, 0.05) is 22.1 Å². The summed E-state index contributed by atoms with van der Waals surface area (Å²) in [6.45, 7) is 4.14. The van der Waals surface area contributed by atoms with E-state index in [1.165, 1.54) is 11.4 Å². The van der Waals surface area contributed by atoms with Gasteiger partial charge >= 0.3 is 0 Å². The van der Waals surface area contributed by atoms with Gasteiger partial charge in [0.05, 0.1) is 5.56 Å². The monoisotopic (exact) mass is 293 g/mol. The van der Waals surface area contributed by atoms with E-state index in [1.807, 2.05) is 0 Å². The van der Waals surface area contributed by atoms with Gasteiger partial charge in [-0.1, -0.05) is 13.8 Å². The number of hydrogen-bond donors (Lipinski definition) is 1. The number of amides is 1. The highest BCUT2D eigenvalue weighted by molar-refractivity contribution is 8.15. The molecule has 1 aliphatic rings. The number of nitrogens with one attached hydrogen (secondary N) is 1. The first-order chi connectivity index (χ1) is 7.70. The van der Waals surface area contributed by atoms with Crippen LogP contribution in [-0.2, 0) is 9.05 Å². The van der Waals surface area contributed by atoms with Crippen LogP contribution in [0.15, 0.2) is 15.7 Å². The Kier molecular flexibility index (Phi) is 3.00. The third-order valence-electron chi connectivity index (χ3n) is 2.90. The van der Waals surface area contributed by atoms with Crippen LogP contribution in [0.2, 0.25) is 0 Å². The highest BCUT2D eigenvalue weighted by Gasteiger charge is 2.46. The van der Waals surface area contributed by atoms with Gasteiger partial charge in [0.15, 0.2) is 0 Å². The molecule has 0 bridgehead atoms. The zero-order chi connectivity index (χ0) is 12.8. The summed E-state index contributed by atoms with van der Waals surface area (Å²) in [5.41, 5.74) is 0.490. The number of carbonyl (C=O) groups excluding carboxylic acids is 1. The molecule has 0 radical (unpaired) electrons. The molecule has 2 rings (SSSR count). The summed E-state index contributed by atoms with van der Waals surface area (Å²) < 4.78 is 22.1. The fourth-order valence-electron chi connectivity index (χ4n) is 1.52. The fraction of sp³-hybridized carbons (Fsp3) is 0.500. The van der Waals surface area contributed by atoms with Gasteiger partial charge in [0.25, 0.3) is 15.0 Å². The predicted molar refractivity (Wildman–Crippen MR) is 67.0 cm³/mol. The quantitative estimate of drug-likeness (QED) is 0.869. The maximum Gasteiger partial charge on any atom is 0.270 e. The molecule has 7 heteroatoms.